The first-order valence-corrected chi connectivity index (χ1v) is 10.6. The minimum absolute atomic E-state index is 0.179. The van der Waals surface area contributed by atoms with Gasteiger partial charge >= 0.3 is 0 Å². The van der Waals surface area contributed by atoms with Crippen LogP contribution in [-0.4, -0.2) is 45.4 Å². The Morgan fingerprint density at radius 1 is 1.18 bits per heavy atom. The molecule has 0 spiro atoms. The highest BCUT2D eigenvalue weighted by Gasteiger charge is 2.29. The average molecular weight is 383 g/mol. The quantitative estimate of drug-likeness (QED) is 0.749. The van der Waals surface area contributed by atoms with Gasteiger partial charge in [-0.3, -0.25) is 9.59 Å². The van der Waals surface area contributed by atoms with Crippen LogP contribution < -0.4 is 5.32 Å². The van der Waals surface area contributed by atoms with E-state index in [0.29, 0.717) is 19.1 Å². The first-order valence-electron chi connectivity index (χ1n) is 10.6. The smallest absolute Gasteiger partial charge is 0.242 e. The van der Waals surface area contributed by atoms with Crippen LogP contribution in [0.3, 0.4) is 0 Å². The van der Waals surface area contributed by atoms with Crippen LogP contribution in [0, 0.1) is 5.92 Å². The predicted molar refractivity (Wildman–Crippen MR) is 109 cm³/mol. The second-order valence-electron chi connectivity index (χ2n) is 8.20. The lowest BCUT2D eigenvalue weighted by Gasteiger charge is -2.33. The van der Waals surface area contributed by atoms with Crippen molar-refractivity contribution in [3.63, 3.8) is 0 Å². The number of aryl methyl sites for hydroxylation is 1. The zero-order chi connectivity index (χ0) is 19.5. The second-order valence-corrected chi connectivity index (χ2v) is 8.20. The van der Waals surface area contributed by atoms with Gasteiger partial charge in [0.15, 0.2) is 0 Å². The molecule has 1 unspecified atom stereocenters. The second kappa shape index (κ2) is 8.33. The molecule has 2 aliphatic rings. The molecular weight excluding hydrogens is 352 g/mol. The molecule has 6 nitrogen and oxygen atoms in total. The van der Waals surface area contributed by atoms with Gasteiger partial charge in [0.1, 0.15) is 12.4 Å². The monoisotopic (exact) mass is 382 g/mol. The Labute approximate surface area is 166 Å². The van der Waals surface area contributed by atoms with E-state index in [9.17, 15) is 9.59 Å². The minimum atomic E-state index is 0.179. The van der Waals surface area contributed by atoms with E-state index in [0.717, 1.165) is 61.9 Å². The number of likely N-dealkylation sites (tertiary alicyclic amines) is 1. The topological polar surface area (TPSA) is 67.2 Å². The zero-order valence-corrected chi connectivity index (χ0v) is 16.7. The van der Waals surface area contributed by atoms with Gasteiger partial charge in [-0.1, -0.05) is 12.1 Å². The lowest BCUT2D eigenvalue weighted by atomic mass is 10.0. The number of amides is 2. The van der Waals surface area contributed by atoms with Crippen molar-refractivity contribution in [2.75, 3.05) is 13.1 Å². The van der Waals surface area contributed by atoms with E-state index in [2.05, 4.69) is 16.8 Å². The third-order valence-corrected chi connectivity index (χ3v) is 5.97. The Hall–Kier alpha value is -2.37. The predicted octanol–water partition coefficient (Wildman–Crippen LogP) is 2.90. The molecule has 1 saturated heterocycles. The summed E-state index contributed by atoms with van der Waals surface area (Å²) in [7, 11) is 0. The van der Waals surface area contributed by atoms with Crippen LogP contribution in [0.4, 0.5) is 0 Å². The maximum Gasteiger partial charge on any atom is 0.242 e. The van der Waals surface area contributed by atoms with Crippen molar-refractivity contribution in [2.45, 2.75) is 64.5 Å². The number of carbonyl (C=O) groups is 2. The van der Waals surface area contributed by atoms with Crippen molar-refractivity contribution < 1.29 is 9.59 Å². The number of rotatable bonds is 7. The molecular formula is C22H30N4O2. The Kier molecular flexibility index (Phi) is 5.64. The molecule has 28 heavy (non-hydrogen) atoms. The van der Waals surface area contributed by atoms with Gasteiger partial charge in [0.25, 0.3) is 0 Å². The maximum atomic E-state index is 13.0. The fraction of sp³-hybridized carbons (Fsp3) is 0.591. The number of fused-ring (bicyclic) bond motifs is 1. The van der Waals surface area contributed by atoms with Gasteiger partial charge in [-0.05, 0) is 57.6 Å². The number of carbonyl (C=O) groups excluding carboxylic acids is 2. The van der Waals surface area contributed by atoms with E-state index in [1.165, 1.54) is 6.42 Å². The van der Waals surface area contributed by atoms with Crippen molar-refractivity contribution in [1.29, 1.82) is 0 Å². The van der Waals surface area contributed by atoms with Crippen molar-refractivity contribution >= 4 is 22.8 Å². The van der Waals surface area contributed by atoms with E-state index in [1.807, 2.05) is 29.2 Å². The standard InChI is InChI=1S/C22H30N4O2/c1-16-7-4-5-14-25(16)21(27)15-26-19-9-3-2-8-18(19)24-20(26)10-6-13-23-22(28)17-11-12-17/h2-3,8-9,16-17H,4-7,10-15H2,1H3,(H,23,28). The Bertz CT molecular complexity index is 855. The molecule has 1 aromatic carbocycles. The molecule has 2 amide bonds. The summed E-state index contributed by atoms with van der Waals surface area (Å²) >= 11 is 0. The highest BCUT2D eigenvalue weighted by Crippen LogP contribution is 2.28. The third-order valence-electron chi connectivity index (χ3n) is 5.97. The van der Waals surface area contributed by atoms with Crippen LogP contribution in [0.1, 0.15) is 51.3 Å². The summed E-state index contributed by atoms with van der Waals surface area (Å²) in [6, 6.07) is 8.32. The molecule has 6 heteroatoms. The van der Waals surface area contributed by atoms with Gasteiger partial charge in [-0.25, -0.2) is 4.98 Å². The molecule has 150 valence electrons. The lowest BCUT2D eigenvalue weighted by molar-refractivity contribution is -0.135. The van der Waals surface area contributed by atoms with Crippen LogP contribution in [0.2, 0.25) is 0 Å². The van der Waals surface area contributed by atoms with E-state index in [4.69, 9.17) is 4.98 Å². The molecule has 1 aromatic heterocycles. The molecule has 2 aromatic rings. The van der Waals surface area contributed by atoms with E-state index >= 15 is 0 Å². The molecule has 1 aliphatic carbocycles. The Balaban J connectivity index is 1.45. The zero-order valence-electron chi connectivity index (χ0n) is 16.7. The summed E-state index contributed by atoms with van der Waals surface area (Å²) in [5, 5.41) is 3.02. The fourth-order valence-corrected chi connectivity index (χ4v) is 4.14. The Morgan fingerprint density at radius 3 is 2.79 bits per heavy atom. The summed E-state index contributed by atoms with van der Waals surface area (Å²) in [6.07, 6.45) is 7.02. The number of nitrogens with zero attached hydrogens (tertiary/aromatic N) is 3. The summed E-state index contributed by atoms with van der Waals surface area (Å²) in [6.45, 7) is 4.01. The first-order chi connectivity index (χ1) is 13.6. The SMILES string of the molecule is CC1CCCCN1C(=O)Cn1c(CCCNC(=O)C2CC2)nc2ccccc21. The Morgan fingerprint density at radius 2 is 2.00 bits per heavy atom. The number of hydrogen-bond acceptors (Lipinski definition) is 3. The molecule has 2 heterocycles. The third kappa shape index (κ3) is 4.21. The molecule has 0 radical (unpaired) electrons. The summed E-state index contributed by atoms with van der Waals surface area (Å²) in [5.41, 5.74) is 1.94. The first kappa shape index (κ1) is 19.0. The molecule has 2 fully saturated rings. The number of benzene rings is 1. The van der Waals surface area contributed by atoms with Gasteiger partial charge in [-0.2, -0.15) is 0 Å². The van der Waals surface area contributed by atoms with Crippen LogP contribution in [0.5, 0.6) is 0 Å². The molecule has 1 N–H and O–H groups in total. The van der Waals surface area contributed by atoms with Crippen molar-refractivity contribution in [2.24, 2.45) is 5.92 Å². The van der Waals surface area contributed by atoms with Gasteiger partial charge in [0, 0.05) is 31.5 Å². The van der Waals surface area contributed by atoms with Crippen molar-refractivity contribution in [1.82, 2.24) is 19.8 Å². The van der Waals surface area contributed by atoms with E-state index < -0.39 is 0 Å². The molecule has 1 aliphatic heterocycles. The molecule has 1 saturated carbocycles. The lowest BCUT2D eigenvalue weighted by Crippen LogP contribution is -2.43. The van der Waals surface area contributed by atoms with E-state index in [1.54, 1.807) is 0 Å². The number of aromatic nitrogens is 2. The summed E-state index contributed by atoms with van der Waals surface area (Å²) in [5.74, 6) is 1.54. The van der Waals surface area contributed by atoms with Gasteiger partial charge in [-0.15, -0.1) is 0 Å². The number of para-hydroxylation sites is 2. The average Bonchev–Trinajstić information content (AvgIpc) is 3.49. The number of piperidine rings is 1. The molecule has 4 rings (SSSR count). The van der Waals surface area contributed by atoms with Gasteiger partial charge < -0.3 is 14.8 Å². The van der Waals surface area contributed by atoms with Crippen LogP contribution in [0.15, 0.2) is 24.3 Å². The number of hydrogen-bond donors (Lipinski definition) is 1. The largest absolute Gasteiger partial charge is 0.356 e. The fourth-order valence-electron chi connectivity index (χ4n) is 4.14. The maximum absolute atomic E-state index is 13.0. The van der Waals surface area contributed by atoms with Crippen LogP contribution in [0.25, 0.3) is 11.0 Å². The van der Waals surface area contributed by atoms with E-state index in [-0.39, 0.29) is 17.7 Å². The van der Waals surface area contributed by atoms with Crippen LogP contribution >= 0.6 is 0 Å². The summed E-state index contributed by atoms with van der Waals surface area (Å²) in [4.78, 5) is 31.6. The normalized spacial score (nSPS) is 19.8. The number of imidazole rings is 1. The minimum Gasteiger partial charge on any atom is -0.356 e. The number of nitrogens with one attached hydrogen (secondary N) is 1. The highest BCUT2D eigenvalue weighted by molar-refractivity contribution is 5.82. The highest BCUT2D eigenvalue weighted by atomic mass is 16.2. The van der Waals surface area contributed by atoms with Gasteiger partial charge in [0.05, 0.1) is 11.0 Å². The molecule has 0 bridgehead atoms. The molecule has 1 atom stereocenters. The van der Waals surface area contributed by atoms with Gasteiger partial charge in [0.2, 0.25) is 11.8 Å². The summed E-state index contributed by atoms with van der Waals surface area (Å²) < 4.78 is 2.07. The van der Waals surface area contributed by atoms with Crippen LogP contribution in [-0.2, 0) is 22.6 Å². The van der Waals surface area contributed by atoms with Crippen molar-refractivity contribution in [3.05, 3.63) is 30.1 Å². The van der Waals surface area contributed by atoms with Crippen molar-refractivity contribution in [3.8, 4) is 0 Å².